The van der Waals surface area contributed by atoms with Gasteiger partial charge in [-0.1, -0.05) is 38.5 Å². The number of aromatic amines is 4. The van der Waals surface area contributed by atoms with Crippen LogP contribution in [-0.4, -0.2) is 204 Å². The fourth-order valence-electron chi connectivity index (χ4n) is 23.2. The summed E-state index contributed by atoms with van der Waals surface area (Å²) in [6.07, 6.45) is 41.3. The lowest BCUT2D eigenvalue weighted by atomic mass is 9.82. The van der Waals surface area contributed by atoms with Crippen LogP contribution >= 0.6 is 0 Å². The number of ketones is 1. The van der Waals surface area contributed by atoms with E-state index >= 15 is 0 Å². The van der Waals surface area contributed by atoms with Gasteiger partial charge in [-0.15, -0.1) is 0 Å². The van der Waals surface area contributed by atoms with Crippen molar-refractivity contribution >= 4 is 94.2 Å². The van der Waals surface area contributed by atoms with E-state index in [0.29, 0.717) is 121 Å². The lowest BCUT2D eigenvalue weighted by molar-refractivity contribution is -0.184. The number of fused-ring (bicyclic) bond motifs is 2. The number of aromatic nitrogens is 20. The lowest BCUT2D eigenvalue weighted by Crippen LogP contribution is -2.50. The molecule has 10 saturated carbocycles. The summed E-state index contributed by atoms with van der Waals surface area (Å²) in [6.45, 7) is 1.92. The molecule has 10 aromatic rings. The third-order valence-corrected chi connectivity index (χ3v) is 31.6. The number of amides is 6. The van der Waals surface area contributed by atoms with Gasteiger partial charge in [-0.3, -0.25) is 29.9 Å². The molecule has 17 N–H and O–H groups in total. The molecule has 10 heterocycles. The van der Waals surface area contributed by atoms with Gasteiger partial charge in [-0.25, -0.2) is 34.3 Å². The zero-order valence-corrected chi connectivity index (χ0v) is 83.8. The molecule has 0 aliphatic heterocycles. The van der Waals surface area contributed by atoms with Gasteiger partial charge >= 0.3 is 30.4 Å². The Bertz CT molecular complexity index is 5910. The fourth-order valence-corrected chi connectivity index (χ4v) is 23.2. The van der Waals surface area contributed by atoms with Crippen molar-refractivity contribution in [3.8, 4) is 0 Å². The maximum atomic E-state index is 13.1. The van der Waals surface area contributed by atoms with Crippen LogP contribution in [0.2, 0.25) is 0 Å². The maximum Gasteiger partial charge on any atom is 0.391 e. The number of halogens is 6. The molecular weight excluding hydrogens is 1890 g/mol. The van der Waals surface area contributed by atoms with Crippen LogP contribution in [0.1, 0.15) is 313 Å². The number of aryl methyl sites for hydroxylation is 1. The van der Waals surface area contributed by atoms with Crippen LogP contribution in [0.5, 0.6) is 0 Å². The van der Waals surface area contributed by atoms with Crippen molar-refractivity contribution in [2.24, 2.45) is 23.7 Å². The van der Waals surface area contributed by atoms with Crippen LogP contribution in [0.3, 0.4) is 0 Å². The Morgan fingerprint density at radius 1 is 0.381 bits per heavy atom. The number of rotatable bonds is 30. The van der Waals surface area contributed by atoms with E-state index in [1.54, 1.807) is 43.2 Å². The second-order valence-electron chi connectivity index (χ2n) is 42.9. The normalized spacial score (nSPS) is 24.7. The first-order valence-electron chi connectivity index (χ1n) is 53.6. The molecule has 38 nitrogen and oxygen atoms in total. The van der Waals surface area contributed by atoms with Gasteiger partial charge in [0.2, 0.25) is 23.8 Å². The van der Waals surface area contributed by atoms with E-state index in [2.05, 4.69) is 189 Å². The highest BCUT2D eigenvalue weighted by Crippen LogP contribution is 2.45. The molecular formula is C103H140F6N34O4. The molecule has 0 aromatic carbocycles. The third kappa shape index (κ3) is 29.5. The monoisotopic (exact) mass is 2030 g/mol. The average molecular weight is 2030 g/mol. The largest absolute Gasteiger partial charge is 0.391 e. The molecule has 6 amide bonds. The Morgan fingerprint density at radius 2 is 0.769 bits per heavy atom. The molecule has 147 heavy (non-hydrogen) atoms. The molecule has 3 unspecified atom stereocenters. The summed E-state index contributed by atoms with van der Waals surface area (Å²) in [6, 6.07) is 15.7. The minimum atomic E-state index is -4.20. The minimum Gasteiger partial charge on any atom is -0.351 e. The fraction of sp³-hybridized carbons (Fsp3) is 0.621. The first-order chi connectivity index (χ1) is 71.3. The maximum absolute atomic E-state index is 13.1. The Kier molecular flexibility index (Phi) is 33.3. The van der Waals surface area contributed by atoms with Crippen molar-refractivity contribution in [2.75, 3.05) is 49.2 Å². The molecule has 10 fully saturated rings. The number of hydrogen-bond acceptors (Lipinski definition) is 27. The number of Topliss-reactive ketones (excluding diaryl/α,β-unsaturated/α-hetero) is 1. The van der Waals surface area contributed by atoms with Crippen LogP contribution in [-0.2, 0) is 30.5 Å². The number of nitrogens with zero attached hydrogens (tertiary/aromatic N) is 17. The van der Waals surface area contributed by atoms with Crippen LogP contribution in [0.25, 0.3) is 0 Å². The highest BCUT2D eigenvalue weighted by atomic mass is 19.4. The number of carbonyl (C=O) groups excluding carboxylic acids is 4. The van der Waals surface area contributed by atoms with Gasteiger partial charge in [0.1, 0.15) is 29.1 Å². The van der Waals surface area contributed by atoms with Crippen LogP contribution < -0.4 is 74.0 Å². The summed E-state index contributed by atoms with van der Waals surface area (Å²) in [4.78, 5) is 88.3. The molecule has 44 heteroatoms. The molecule has 0 saturated heterocycles. The van der Waals surface area contributed by atoms with Gasteiger partial charge in [-0.05, 0) is 278 Å². The summed E-state index contributed by atoms with van der Waals surface area (Å²) in [5, 5.41) is 83.3. The SMILES string of the molecule is CN(c1nccc(Nc2cc(C3CCCC3)[nH]n2)n1)C1CCC(NC(=O)NC2CCCC(C(F)(F)F)C2)CC1.Cc1cc(Nc2ccnc(NC3CCC(NC(=O)N[C@@H]4CCC[C@@H](C(F)(F)F)C4)CC3)n2)n[nH]1.O=C(CC1CCC(Nc2nccc(Nc3cc(C4CC4)[nH]n3)n2)CC1)CC1Cc2cn(C3CC3)nc2C1.O=C(NC1CCC(Nc2nccc(Nc3cc(C4CCCC4)[nH]n3)n2)CC1)NC1Cc2cnncc2C1. The summed E-state index contributed by atoms with van der Waals surface area (Å²) in [5.41, 5.74) is 9.48. The highest BCUT2D eigenvalue weighted by Gasteiger charge is 2.45. The van der Waals surface area contributed by atoms with Crippen LogP contribution in [0.15, 0.2) is 91.9 Å². The first kappa shape index (κ1) is 103. The second kappa shape index (κ2) is 47.8. The topological polar surface area (TPSA) is 489 Å². The number of urea groups is 3. The smallest absolute Gasteiger partial charge is 0.351 e. The molecule has 5 atom stereocenters. The Hall–Kier alpha value is -13.1. The number of nitrogens with one attached hydrogen (secondary N) is 17. The van der Waals surface area contributed by atoms with E-state index in [9.17, 15) is 45.5 Å². The van der Waals surface area contributed by atoms with E-state index < -0.39 is 36.3 Å². The Balaban J connectivity index is 0.000000124. The second-order valence-corrected chi connectivity index (χ2v) is 42.9. The van der Waals surface area contributed by atoms with Crippen LogP contribution in [0, 0.1) is 30.6 Å². The number of anilines is 12. The summed E-state index contributed by atoms with van der Waals surface area (Å²) in [7, 11) is 1.98. The molecule has 0 bridgehead atoms. The van der Waals surface area contributed by atoms with E-state index in [1.165, 1.54) is 117 Å². The highest BCUT2D eigenvalue weighted by molar-refractivity contribution is 5.79. The van der Waals surface area contributed by atoms with Gasteiger partial charge < -0.3 is 74.0 Å². The zero-order chi connectivity index (χ0) is 101. The standard InChI is InChI=1S/C28H36N8O.C27H39F3N8O.C26H34N10O.C22H31F3N8O/c37-23(13-18-11-20-16-36(22-7-8-22)35-25(20)14-18)12-17-1-5-21(6-2-17)30-28-29-10-9-26(32-28)31-27-15-24(33-34-27)19-3-4-19;1-38(25-31-14-13-23(35-25)34-24-16-22(36-37-24)17-5-2-3-6-17)21-11-9-19(10-12-21)32-26(39)33-20-8-4-7-18(15-20)27(28,29)30;37-26(32-21-11-17-14-28-29-15-18(17)12-21)31-20-7-5-19(6-8-20)30-25-27-10-9-23(34-25)33-24-13-22(35-36-24)16-3-1-2-4-16;1-13-11-19(33-32-13)30-18-9-10-26-20(31-18)27-15-5-7-16(8-6-15)28-21(34)29-17-4-2-3-14(12-17)22(23,24)25/h9-10,15-19,21-22H,1-8,11-14H2,(H3,29,30,31,32,33,34);13-14,16-21H,2-12,15H2,1H3,(H2,32,33,39)(H2,31,34,35,36,37);9-10,13-16,19-21H,1-8,11-12H2,(H2,31,32,37)(H3,27,30,33,34,35,36);9-11,14-17H,2-8,12H2,1H3,(H2,28,29,34)(H3,26,27,30,31,32,33)/t;;;14-,15?,16?,17-/m...1/s1. The zero-order valence-electron chi connectivity index (χ0n) is 83.8. The molecule has 12 aliphatic rings. The van der Waals surface area contributed by atoms with Gasteiger partial charge in [0.15, 0.2) is 23.3 Å². The molecule has 0 radical (unpaired) electrons. The Morgan fingerprint density at radius 3 is 1.19 bits per heavy atom. The predicted molar refractivity (Wildman–Crippen MR) is 545 cm³/mol. The van der Waals surface area contributed by atoms with E-state index in [1.807, 2.05) is 38.2 Å². The summed E-state index contributed by atoms with van der Waals surface area (Å²) >= 11 is 0. The van der Waals surface area contributed by atoms with Crippen molar-refractivity contribution in [2.45, 2.75) is 373 Å². The average Bonchev–Trinajstić information content (AvgIpc) is 1.63. The third-order valence-electron chi connectivity index (χ3n) is 31.6. The van der Waals surface area contributed by atoms with E-state index in [4.69, 9.17) is 10.1 Å². The molecule has 12 aliphatic carbocycles. The molecule has 788 valence electrons. The van der Waals surface area contributed by atoms with Crippen molar-refractivity contribution in [1.29, 1.82) is 0 Å². The van der Waals surface area contributed by atoms with Gasteiger partial charge in [0.05, 0.1) is 36.0 Å². The van der Waals surface area contributed by atoms with E-state index in [0.717, 1.165) is 170 Å². The summed E-state index contributed by atoms with van der Waals surface area (Å²) < 4.78 is 80.4. The number of carbonyl (C=O) groups is 4. The van der Waals surface area contributed by atoms with Crippen molar-refractivity contribution in [3.63, 3.8) is 0 Å². The Labute approximate surface area is 851 Å². The van der Waals surface area contributed by atoms with E-state index in [-0.39, 0.29) is 86.1 Å². The number of alkyl halides is 6. The van der Waals surface area contributed by atoms with Crippen molar-refractivity contribution in [3.05, 3.63) is 137 Å². The molecule has 10 aromatic heterocycles. The van der Waals surface area contributed by atoms with Gasteiger partial charge in [-0.2, -0.15) is 82.0 Å². The van der Waals surface area contributed by atoms with Crippen LogP contribution in [0.4, 0.5) is 111 Å². The quantitative estimate of drug-likeness (QED) is 0.0186. The number of hydrogen-bond donors (Lipinski definition) is 17. The molecule has 0 spiro atoms. The lowest BCUT2D eigenvalue weighted by Gasteiger charge is -2.35. The predicted octanol–water partition coefficient (Wildman–Crippen LogP) is 18.8. The van der Waals surface area contributed by atoms with Gasteiger partial charge in [0.25, 0.3) is 0 Å². The number of H-pyrrole nitrogens is 4. The van der Waals surface area contributed by atoms with Crippen molar-refractivity contribution in [1.82, 2.24) is 133 Å². The van der Waals surface area contributed by atoms with Crippen molar-refractivity contribution < 1.29 is 45.5 Å². The first-order valence-corrected chi connectivity index (χ1v) is 53.6. The minimum absolute atomic E-state index is 0.000647. The molecule has 22 rings (SSSR count). The summed E-state index contributed by atoms with van der Waals surface area (Å²) in [5.74, 6) is 8.70. The van der Waals surface area contributed by atoms with Gasteiger partial charge in [0, 0.05) is 176 Å².